The number of nitrogens with zero attached hydrogens (tertiary/aromatic N) is 2. The molecule has 7 heteroatoms. The number of hydrogen-bond donors (Lipinski definition) is 1. The van der Waals surface area contributed by atoms with Crippen molar-refractivity contribution in [2.24, 2.45) is 0 Å². The molecule has 1 N–H and O–H groups in total. The van der Waals surface area contributed by atoms with Gasteiger partial charge in [-0.2, -0.15) is 0 Å². The maximum Gasteiger partial charge on any atom is 0.246 e. The summed E-state index contributed by atoms with van der Waals surface area (Å²) < 4.78 is 10.9. The molecule has 2 aliphatic rings. The lowest BCUT2D eigenvalue weighted by Crippen LogP contribution is -2.63. The van der Waals surface area contributed by atoms with Crippen LogP contribution in [0, 0.1) is 0 Å². The van der Waals surface area contributed by atoms with Crippen LogP contribution in [0.3, 0.4) is 0 Å². The zero-order valence-electron chi connectivity index (χ0n) is 18.6. The van der Waals surface area contributed by atoms with Gasteiger partial charge in [0.25, 0.3) is 0 Å². The van der Waals surface area contributed by atoms with Crippen molar-refractivity contribution >= 4 is 22.7 Å². The van der Waals surface area contributed by atoms with E-state index in [1.807, 2.05) is 43.3 Å². The van der Waals surface area contributed by atoms with Crippen LogP contribution in [0.1, 0.15) is 36.2 Å². The van der Waals surface area contributed by atoms with Crippen LogP contribution in [0.15, 0.2) is 42.5 Å². The maximum atomic E-state index is 13.4. The van der Waals surface area contributed by atoms with E-state index in [1.54, 1.807) is 24.0 Å². The smallest absolute Gasteiger partial charge is 0.246 e. The molecule has 1 aromatic heterocycles. The van der Waals surface area contributed by atoms with Gasteiger partial charge >= 0.3 is 0 Å². The van der Waals surface area contributed by atoms with Crippen LogP contribution >= 0.6 is 0 Å². The number of carbonyl (C=O) groups is 2. The molecule has 1 saturated heterocycles. The van der Waals surface area contributed by atoms with Crippen molar-refractivity contribution in [1.82, 2.24) is 14.8 Å². The van der Waals surface area contributed by atoms with E-state index in [0.29, 0.717) is 24.5 Å². The second kappa shape index (κ2) is 7.89. The summed E-state index contributed by atoms with van der Waals surface area (Å²) in [7, 11) is 3.19. The fraction of sp³-hybridized carbons (Fsp3) is 0.360. The summed E-state index contributed by atoms with van der Waals surface area (Å²) in [6.07, 6.45) is 1.33. The van der Waals surface area contributed by atoms with Gasteiger partial charge in [-0.3, -0.25) is 9.59 Å². The average Bonchev–Trinajstić information content (AvgIpc) is 3.19. The number of aromatic amines is 1. The number of benzene rings is 2. The SMILES string of the molecule is CCCN1CC(=O)N2C(c3ccc(OC)c(OC)c3)c3[nH]c4ccccc4c3C[C@H]2C1=O. The third-order valence-electron chi connectivity index (χ3n) is 6.56. The lowest BCUT2D eigenvalue weighted by atomic mass is 9.86. The standard InChI is InChI=1S/C25H27N3O4/c1-4-11-27-14-22(29)28-19(25(27)30)13-17-16-7-5-6-8-18(16)26-23(17)24(28)15-9-10-20(31-2)21(12-15)32-3/h5-10,12,19,24,26H,4,11,13-14H2,1-3H3/t19-,24?/m0/s1. The van der Waals surface area contributed by atoms with Crippen LogP contribution in [0.25, 0.3) is 10.9 Å². The largest absolute Gasteiger partial charge is 0.493 e. The van der Waals surface area contributed by atoms with Crippen LogP contribution in [0.2, 0.25) is 0 Å². The van der Waals surface area contributed by atoms with Gasteiger partial charge in [0.15, 0.2) is 11.5 Å². The lowest BCUT2D eigenvalue weighted by Gasteiger charge is -2.47. The predicted molar refractivity (Wildman–Crippen MR) is 121 cm³/mol. The van der Waals surface area contributed by atoms with Crippen molar-refractivity contribution in [2.75, 3.05) is 27.3 Å². The molecule has 3 heterocycles. The summed E-state index contributed by atoms with van der Waals surface area (Å²) in [6.45, 7) is 2.73. The Morgan fingerprint density at radius 2 is 1.84 bits per heavy atom. The molecule has 32 heavy (non-hydrogen) atoms. The van der Waals surface area contributed by atoms with Gasteiger partial charge in [-0.1, -0.05) is 31.2 Å². The fourth-order valence-electron chi connectivity index (χ4n) is 5.15. The van der Waals surface area contributed by atoms with Gasteiger partial charge in [-0.25, -0.2) is 0 Å². The van der Waals surface area contributed by atoms with Gasteiger partial charge in [0.1, 0.15) is 6.04 Å². The maximum absolute atomic E-state index is 13.4. The van der Waals surface area contributed by atoms with E-state index in [4.69, 9.17) is 9.47 Å². The first-order valence-corrected chi connectivity index (χ1v) is 11.0. The number of piperazine rings is 1. The monoisotopic (exact) mass is 433 g/mol. The van der Waals surface area contributed by atoms with Crippen LogP contribution in [-0.2, 0) is 16.0 Å². The van der Waals surface area contributed by atoms with Crippen molar-refractivity contribution in [3.05, 3.63) is 59.3 Å². The number of hydrogen-bond acceptors (Lipinski definition) is 4. The topological polar surface area (TPSA) is 74.9 Å². The van der Waals surface area contributed by atoms with Crippen molar-refractivity contribution in [2.45, 2.75) is 31.8 Å². The molecule has 7 nitrogen and oxygen atoms in total. The molecule has 166 valence electrons. The Balaban J connectivity index is 1.71. The highest BCUT2D eigenvalue weighted by atomic mass is 16.5. The Hall–Kier alpha value is -3.48. The minimum atomic E-state index is -0.521. The fourth-order valence-corrected chi connectivity index (χ4v) is 5.15. The zero-order valence-corrected chi connectivity index (χ0v) is 18.6. The molecule has 2 aromatic carbocycles. The number of nitrogens with one attached hydrogen (secondary N) is 1. The number of aromatic nitrogens is 1. The van der Waals surface area contributed by atoms with E-state index in [-0.39, 0.29) is 18.4 Å². The first kappa shape index (κ1) is 20.4. The number of para-hydroxylation sites is 1. The minimum absolute atomic E-state index is 0.0212. The molecule has 0 spiro atoms. The molecule has 0 radical (unpaired) electrons. The Labute approximate surface area is 186 Å². The Kier molecular flexibility index (Phi) is 5.04. The molecular formula is C25H27N3O4. The highest BCUT2D eigenvalue weighted by Gasteiger charge is 2.48. The van der Waals surface area contributed by atoms with E-state index in [0.717, 1.165) is 34.1 Å². The molecule has 2 atom stereocenters. The van der Waals surface area contributed by atoms with E-state index in [2.05, 4.69) is 11.1 Å². The first-order chi connectivity index (χ1) is 15.6. The minimum Gasteiger partial charge on any atom is -0.493 e. The molecule has 0 saturated carbocycles. The number of methoxy groups -OCH3 is 2. The van der Waals surface area contributed by atoms with Crippen molar-refractivity contribution in [3.8, 4) is 11.5 Å². The number of H-pyrrole nitrogens is 1. The quantitative estimate of drug-likeness (QED) is 0.670. The van der Waals surface area contributed by atoms with E-state index in [1.165, 1.54) is 0 Å². The van der Waals surface area contributed by atoms with Gasteiger partial charge in [-0.15, -0.1) is 0 Å². The summed E-state index contributed by atoms with van der Waals surface area (Å²) in [5.74, 6) is 1.20. The van der Waals surface area contributed by atoms with Gasteiger partial charge < -0.3 is 24.3 Å². The molecule has 2 aliphatic heterocycles. The molecule has 3 aromatic rings. The van der Waals surface area contributed by atoms with E-state index in [9.17, 15) is 9.59 Å². The average molecular weight is 434 g/mol. The number of carbonyl (C=O) groups excluding carboxylic acids is 2. The van der Waals surface area contributed by atoms with Crippen LogP contribution in [-0.4, -0.2) is 59.9 Å². The Morgan fingerprint density at radius 1 is 1.06 bits per heavy atom. The van der Waals surface area contributed by atoms with Gasteiger partial charge in [0, 0.05) is 29.6 Å². The van der Waals surface area contributed by atoms with Gasteiger partial charge in [-0.05, 0) is 35.7 Å². The number of ether oxygens (including phenoxy) is 2. The molecule has 0 aliphatic carbocycles. The third-order valence-corrected chi connectivity index (χ3v) is 6.56. The highest BCUT2D eigenvalue weighted by Crippen LogP contribution is 2.44. The third kappa shape index (κ3) is 3.03. The number of amides is 2. The Morgan fingerprint density at radius 3 is 2.59 bits per heavy atom. The van der Waals surface area contributed by atoms with Gasteiger partial charge in [0.05, 0.1) is 26.8 Å². The first-order valence-electron chi connectivity index (χ1n) is 11.0. The zero-order chi connectivity index (χ0) is 22.4. The molecular weight excluding hydrogens is 406 g/mol. The molecule has 0 bridgehead atoms. The summed E-state index contributed by atoms with van der Waals surface area (Å²) in [5, 5.41) is 1.10. The highest BCUT2D eigenvalue weighted by molar-refractivity contribution is 5.97. The molecule has 2 amide bonds. The molecule has 1 fully saturated rings. The number of rotatable bonds is 5. The molecule has 5 rings (SSSR count). The summed E-state index contributed by atoms with van der Waals surface area (Å²) >= 11 is 0. The van der Waals surface area contributed by atoms with E-state index < -0.39 is 12.1 Å². The number of fused-ring (bicyclic) bond motifs is 4. The van der Waals surface area contributed by atoms with Crippen LogP contribution in [0.5, 0.6) is 11.5 Å². The second-order valence-corrected chi connectivity index (χ2v) is 8.36. The molecule has 1 unspecified atom stereocenters. The van der Waals surface area contributed by atoms with Crippen LogP contribution in [0.4, 0.5) is 0 Å². The normalized spacial score (nSPS) is 20.3. The second-order valence-electron chi connectivity index (χ2n) is 8.36. The lowest BCUT2D eigenvalue weighted by molar-refractivity contribution is -0.158. The predicted octanol–water partition coefficient (Wildman–Crippen LogP) is 3.28. The summed E-state index contributed by atoms with van der Waals surface area (Å²) in [6, 6.07) is 12.9. The van der Waals surface area contributed by atoms with Gasteiger partial charge in [0.2, 0.25) is 11.8 Å². The van der Waals surface area contributed by atoms with Crippen molar-refractivity contribution in [3.63, 3.8) is 0 Å². The summed E-state index contributed by atoms with van der Waals surface area (Å²) in [5.41, 5.74) is 3.94. The Bertz CT molecular complexity index is 1200. The van der Waals surface area contributed by atoms with E-state index >= 15 is 0 Å². The van der Waals surface area contributed by atoms with Crippen LogP contribution < -0.4 is 9.47 Å². The summed E-state index contributed by atoms with van der Waals surface area (Å²) in [4.78, 5) is 33.9. The van der Waals surface area contributed by atoms with Crippen molar-refractivity contribution < 1.29 is 19.1 Å². The van der Waals surface area contributed by atoms with Crippen molar-refractivity contribution in [1.29, 1.82) is 0 Å².